The number of carboxylic acid groups (broad SMARTS) is 1. The van der Waals surface area contributed by atoms with Crippen LogP contribution in [0.5, 0.6) is 17.2 Å². The molecule has 3 aromatic rings. The van der Waals surface area contributed by atoms with Crippen LogP contribution in [-0.4, -0.2) is 70.0 Å². The van der Waals surface area contributed by atoms with Crippen molar-refractivity contribution < 1.29 is 43.7 Å². The summed E-state index contributed by atoms with van der Waals surface area (Å²) in [6.45, 7) is 1.97. The van der Waals surface area contributed by atoms with Crippen molar-refractivity contribution in [1.29, 1.82) is 0 Å². The number of carbonyl (C=O) groups excluding carboxylic acids is 4. The van der Waals surface area contributed by atoms with Crippen LogP contribution in [0.2, 0.25) is 10.0 Å². The molecule has 2 heterocycles. The molecule has 0 unspecified atom stereocenters. The molecule has 6 atom stereocenters. The molecule has 3 fully saturated rings. The number of imide groups is 2. The van der Waals surface area contributed by atoms with E-state index in [9.17, 15) is 29.4 Å². The van der Waals surface area contributed by atoms with Gasteiger partial charge in [0.25, 0.3) is 11.8 Å². The summed E-state index contributed by atoms with van der Waals surface area (Å²) in [6, 6.07) is 16.4. The van der Waals surface area contributed by atoms with Crippen LogP contribution in [0.1, 0.15) is 49.7 Å². The second-order valence-electron chi connectivity index (χ2n) is 13.7. The lowest BCUT2D eigenvalue weighted by atomic mass is 9.49. The van der Waals surface area contributed by atoms with Gasteiger partial charge in [0.2, 0.25) is 11.8 Å². The monoisotopic (exact) mass is 761 g/mol. The Hall–Kier alpha value is -5.07. The summed E-state index contributed by atoms with van der Waals surface area (Å²) in [5.41, 5.74) is 2.96. The number of para-hydroxylation sites is 1. The summed E-state index contributed by atoms with van der Waals surface area (Å²) < 4.78 is 11.2. The van der Waals surface area contributed by atoms with Gasteiger partial charge in [-0.15, -0.1) is 0 Å². The molecule has 2 aliphatic carbocycles. The van der Waals surface area contributed by atoms with Crippen molar-refractivity contribution in [2.75, 3.05) is 25.7 Å². The fraction of sp³-hybridized carbons (Fsp3) is 0.359. The Morgan fingerprint density at radius 1 is 1.00 bits per heavy atom. The Morgan fingerprint density at radius 2 is 1.75 bits per heavy atom. The number of ether oxygens (including phenoxy) is 2. The zero-order chi connectivity index (χ0) is 37.8. The van der Waals surface area contributed by atoms with Gasteiger partial charge in [-0.3, -0.25) is 34.3 Å². The molecule has 2 aliphatic heterocycles. The molecule has 12 nitrogen and oxygen atoms in total. The number of allylic oxidation sites excluding steroid dienone is 2. The highest BCUT2D eigenvalue weighted by Gasteiger charge is 2.70. The summed E-state index contributed by atoms with van der Waals surface area (Å²) in [7, 11) is 1.52. The summed E-state index contributed by atoms with van der Waals surface area (Å²) in [5.74, 6) is -6.95. The van der Waals surface area contributed by atoms with Crippen LogP contribution in [-0.2, 0) is 29.4 Å². The number of methoxy groups -OCH3 is 1. The lowest BCUT2D eigenvalue weighted by Gasteiger charge is -2.50. The first-order valence-electron chi connectivity index (χ1n) is 17.4. The standard InChI is InChI=1S/C39H37Cl2N3O9/c1-3-53-30-7-4-6-25(34(30)47)33-23-14-15-24-32(37(50)43(35(24)48)17-5-8-31(45)46)26(23)19-27-36(49)44(42-29-16-11-21(40)18-28(29)41)38(51)39(27,33)20-9-12-22(52-2)13-10-20/h4,6-7,9-14,16,18,24,26-27,32-33,42,47H,3,5,8,15,17,19H2,1-2H3,(H,45,46)/t24-,26+,27-,32-,33+,39+/m0/s1. The third kappa shape index (κ3) is 5.79. The van der Waals surface area contributed by atoms with E-state index in [0.717, 1.165) is 9.91 Å². The molecule has 276 valence electrons. The highest BCUT2D eigenvalue weighted by Crippen LogP contribution is 2.65. The number of hydrogen-bond donors (Lipinski definition) is 3. The molecule has 3 aromatic carbocycles. The number of nitrogens with one attached hydrogen (secondary N) is 1. The van der Waals surface area contributed by atoms with Crippen molar-refractivity contribution in [3.05, 3.63) is 93.5 Å². The minimum Gasteiger partial charge on any atom is -0.504 e. The molecule has 0 bridgehead atoms. The molecule has 2 saturated heterocycles. The number of phenolic OH excluding ortho intramolecular Hbond substituents is 1. The Balaban J connectivity index is 1.43. The van der Waals surface area contributed by atoms with Crippen molar-refractivity contribution in [1.82, 2.24) is 9.91 Å². The molecule has 3 N–H and O–H groups in total. The van der Waals surface area contributed by atoms with Gasteiger partial charge in [0.1, 0.15) is 5.75 Å². The Kier molecular flexibility index (Phi) is 9.62. The number of hydrogen-bond acceptors (Lipinski definition) is 9. The van der Waals surface area contributed by atoms with Gasteiger partial charge in [-0.05, 0) is 74.1 Å². The van der Waals surface area contributed by atoms with E-state index in [-0.39, 0.29) is 67.0 Å². The topological polar surface area (TPSA) is 163 Å². The minimum absolute atomic E-state index is 0.0283. The van der Waals surface area contributed by atoms with E-state index in [1.54, 1.807) is 61.5 Å². The Morgan fingerprint density at radius 3 is 2.43 bits per heavy atom. The second kappa shape index (κ2) is 14.1. The molecule has 4 amide bonds. The van der Waals surface area contributed by atoms with Crippen LogP contribution in [0.3, 0.4) is 0 Å². The SMILES string of the molecule is CCOc1cccc([C@H]2C3=CC[C@@H]4C(=O)N(CCCC(=O)O)C(=O)[C@@H]4[C@@H]3C[C@H]3C(=O)N(Nc4ccc(Cl)cc4Cl)C(=O)[C@@]23c2ccc(OC)cc2)c1O. The van der Waals surface area contributed by atoms with Gasteiger partial charge in [-0.1, -0.05) is 59.1 Å². The largest absolute Gasteiger partial charge is 0.504 e. The molecule has 0 aromatic heterocycles. The Labute approximate surface area is 315 Å². The normalized spacial score (nSPS) is 26.2. The number of aliphatic carboxylic acids is 1. The predicted octanol–water partition coefficient (Wildman–Crippen LogP) is 5.96. The average molecular weight is 763 g/mol. The van der Waals surface area contributed by atoms with Crippen molar-refractivity contribution >= 4 is 58.5 Å². The van der Waals surface area contributed by atoms with Gasteiger partial charge in [-0.2, -0.15) is 5.01 Å². The van der Waals surface area contributed by atoms with Crippen molar-refractivity contribution in [3.63, 3.8) is 0 Å². The Bertz CT molecular complexity index is 2050. The molecule has 0 radical (unpaired) electrons. The van der Waals surface area contributed by atoms with Crippen LogP contribution >= 0.6 is 23.2 Å². The van der Waals surface area contributed by atoms with Gasteiger partial charge in [0, 0.05) is 29.5 Å². The van der Waals surface area contributed by atoms with Crippen molar-refractivity contribution in [2.24, 2.45) is 23.7 Å². The van der Waals surface area contributed by atoms with Crippen LogP contribution in [0, 0.1) is 23.7 Å². The number of likely N-dealkylation sites (tertiary alicyclic amines) is 1. The smallest absolute Gasteiger partial charge is 0.303 e. The molecule has 53 heavy (non-hydrogen) atoms. The van der Waals surface area contributed by atoms with E-state index in [2.05, 4.69) is 5.43 Å². The number of rotatable bonds is 11. The molecule has 14 heteroatoms. The van der Waals surface area contributed by atoms with Crippen LogP contribution in [0.15, 0.2) is 72.3 Å². The minimum atomic E-state index is -1.67. The highest BCUT2D eigenvalue weighted by molar-refractivity contribution is 6.36. The third-order valence-corrected chi connectivity index (χ3v) is 11.6. The number of carboxylic acids is 1. The average Bonchev–Trinajstić information content (AvgIpc) is 3.51. The van der Waals surface area contributed by atoms with Gasteiger partial charge in [0.15, 0.2) is 11.5 Å². The van der Waals surface area contributed by atoms with Crippen molar-refractivity contribution in [3.8, 4) is 17.2 Å². The van der Waals surface area contributed by atoms with E-state index in [4.69, 9.17) is 32.7 Å². The van der Waals surface area contributed by atoms with Gasteiger partial charge < -0.3 is 19.7 Å². The van der Waals surface area contributed by atoms with Gasteiger partial charge in [-0.25, -0.2) is 0 Å². The number of hydrazine groups is 1. The maximum atomic E-state index is 15.4. The summed E-state index contributed by atoms with van der Waals surface area (Å²) in [4.78, 5) is 70.6. The number of amides is 4. The number of benzene rings is 3. The van der Waals surface area contributed by atoms with Gasteiger partial charge >= 0.3 is 5.97 Å². The lowest BCUT2D eigenvalue weighted by molar-refractivity contribution is -0.142. The predicted molar refractivity (Wildman–Crippen MR) is 193 cm³/mol. The number of nitrogens with zero attached hydrogens (tertiary/aromatic N) is 2. The fourth-order valence-corrected chi connectivity index (χ4v) is 9.36. The molecule has 0 spiro atoms. The van der Waals surface area contributed by atoms with Crippen LogP contribution < -0.4 is 14.9 Å². The van der Waals surface area contributed by atoms with Crippen LogP contribution in [0.25, 0.3) is 0 Å². The second-order valence-corrected chi connectivity index (χ2v) is 14.5. The maximum absolute atomic E-state index is 15.4. The van der Waals surface area contributed by atoms with E-state index in [1.807, 2.05) is 6.08 Å². The van der Waals surface area contributed by atoms with Crippen molar-refractivity contribution in [2.45, 2.75) is 43.9 Å². The first-order valence-corrected chi connectivity index (χ1v) is 18.2. The highest BCUT2D eigenvalue weighted by atomic mass is 35.5. The van der Waals surface area contributed by atoms with Crippen LogP contribution in [0.4, 0.5) is 5.69 Å². The number of halogens is 2. The molecule has 4 aliphatic rings. The quantitative estimate of drug-likeness (QED) is 0.157. The molecular formula is C39H37Cl2N3O9. The summed E-state index contributed by atoms with van der Waals surface area (Å²) >= 11 is 12.7. The maximum Gasteiger partial charge on any atom is 0.303 e. The molecule has 1 saturated carbocycles. The number of fused-ring (bicyclic) bond motifs is 4. The number of aromatic hydroxyl groups is 1. The fourth-order valence-electron chi connectivity index (χ4n) is 8.91. The summed E-state index contributed by atoms with van der Waals surface area (Å²) in [5, 5.41) is 22.6. The number of anilines is 1. The third-order valence-electron chi connectivity index (χ3n) is 11.1. The van der Waals surface area contributed by atoms with Gasteiger partial charge in [0.05, 0.1) is 47.6 Å². The zero-order valence-electron chi connectivity index (χ0n) is 28.9. The molecular weight excluding hydrogens is 725 g/mol. The number of phenols is 1. The van der Waals surface area contributed by atoms with E-state index >= 15 is 4.79 Å². The zero-order valence-corrected chi connectivity index (χ0v) is 30.4. The first kappa shape index (κ1) is 36.3. The lowest BCUT2D eigenvalue weighted by Crippen LogP contribution is -2.53. The van der Waals surface area contributed by atoms with E-state index in [1.165, 1.54) is 13.2 Å². The molecule has 7 rings (SSSR count). The first-order chi connectivity index (χ1) is 25.4. The summed E-state index contributed by atoms with van der Waals surface area (Å²) in [6.07, 6.45) is 1.97. The van der Waals surface area contributed by atoms with E-state index < -0.39 is 58.7 Å². The van der Waals surface area contributed by atoms with E-state index in [0.29, 0.717) is 27.5 Å². The number of carbonyl (C=O) groups is 5.